The van der Waals surface area contributed by atoms with Crippen molar-refractivity contribution in [1.29, 1.82) is 0 Å². The first-order valence-corrected chi connectivity index (χ1v) is 9.77. The van der Waals surface area contributed by atoms with E-state index in [4.69, 9.17) is 27.9 Å². The number of carboxylic acids is 1. The number of hydrogen-bond donors (Lipinski definition) is 2. The molecule has 0 spiro atoms. The molecule has 0 aliphatic carbocycles. The number of carbonyl (C=O) groups is 1. The number of nitro benzene ring substituents is 1. The van der Waals surface area contributed by atoms with Gasteiger partial charge in [-0.3, -0.25) is 10.1 Å². The van der Waals surface area contributed by atoms with Gasteiger partial charge in [0.15, 0.2) is 0 Å². The molecule has 156 valence electrons. The number of nitrogens with one attached hydrogen (secondary N) is 1. The number of benzene rings is 3. The van der Waals surface area contributed by atoms with Crippen LogP contribution in [0.25, 0.3) is 22.0 Å². The minimum absolute atomic E-state index is 0.0696. The quantitative estimate of drug-likeness (QED) is 0.252. The summed E-state index contributed by atoms with van der Waals surface area (Å²) in [4.78, 5) is 25.6. The highest BCUT2D eigenvalue weighted by Gasteiger charge is 2.22. The van der Waals surface area contributed by atoms with Gasteiger partial charge in [-0.25, -0.2) is 4.79 Å². The Hall–Kier alpha value is -3.55. The van der Waals surface area contributed by atoms with Gasteiger partial charge in [0.1, 0.15) is 17.2 Å². The Bertz CT molecular complexity index is 1360. The second-order valence-electron chi connectivity index (χ2n) is 6.82. The third-order valence-electron chi connectivity index (χ3n) is 4.81. The number of aryl methyl sites for hydroxylation is 1. The van der Waals surface area contributed by atoms with Crippen molar-refractivity contribution in [2.75, 3.05) is 0 Å². The normalized spacial score (nSPS) is 10.9. The third-order valence-corrected chi connectivity index (χ3v) is 5.54. The number of ether oxygens (including phenoxy) is 1. The van der Waals surface area contributed by atoms with Crippen LogP contribution in [-0.2, 0) is 0 Å². The van der Waals surface area contributed by atoms with Gasteiger partial charge in [0, 0.05) is 34.2 Å². The first-order valence-electron chi connectivity index (χ1n) is 9.02. The average Bonchev–Trinajstić information content (AvgIpc) is 3.10. The number of hydrogen-bond acceptors (Lipinski definition) is 4. The van der Waals surface area contributed by atoms with Crippen LogP contribution in [0, 0.1) is 17.0 Å². The predicted octanol–water partition coefficient (Wildman–Crippen LogP) is 6.85. The molecular formula is C22H14Cl2N2O5. The number of carboxylic acid groups (broad SMARTS) is 1. The predicted molar refractivity (Wildman–Crippen MR) is 119 cm³/mol. The fourth-order valence-corrected chi connectivity index (χ4v) is 3.62. The van der Waals surface area contributed by atoms with Crippen molar-refractivity contribution >= 4 is 45.8 Å². The van der Waals surface area contributed by atoms with Crippen molar-refractivity contribution in [3.63, 3.8) is 0 Å². The number of aromatic nitrogens is 1. The largest absolute Gasteiger partial charge is 0.477 e. The number of aromatic carboxylic acids is 1. The van der Waals surface area contributed by atoms with E-state index in [1.165, 1.54) is 6.07 Å². The summed E-state index contributed by atoms with van der Waals surface area (Å²) in [6, 6.07) is 14.5. The van der Waals surface area contributed by atoms with Crippen molar-refractivity contribution in [1.82, 2.24) is 4.98 Å². The van der Waals surface area contributed by atoms with Crippen LogP contribution in [0.5, 0.6) is 11.5 Å². The van der Waals surface area contributed by atoms with E-state index in [2.05, 4.69) is 4.98 Å². The van der Waals surface area contributed by atoms with Gasteiger partial charge >= 0.3 is 5.97 Å². The number of halogens is 2. The highest BCUT2D eigenvalue weighted by Crippen LogP contribution is 2.38. The van der Waals surface area contributed by atoms with Gasteiger partial charge < -0.3 is 14.8 Å². The first kappa shape index (κ1) is 20.7. The van der Waals surface area contributed by atoms with Crippen LogP contribution in [0.3, 0.4) is 0 Å². The van der Waals surface area contributed by atoms with Crippen LogP contribution in [-0.4, -0.2) is 21.0 Å². The fourth-order valence-electron chi connectivity index (χ4n) is 3.33. The summed E-state index contributed by atoms with van der Waals surface area (Å²) in [5.74, 6) is -0.290. The maximum atomic E-state index is 11.9. The number of aromatic amines is 1. The summed E-state index contributed by atoms with van der Waals surface area (Å²) in [6.45, 7) is 1.62. The molecule has 0 amide bonds. The second-order valence-corrected chi connectivity index (χ2v) is 7.64. The molecule has 1 aromatic heterocycles. The zero-order chi connectivity index (χ0) is 22.3. The first-order chi connectivity index (χ1) is 14.7. The minimum atomic E-state index is -1.18. The molecule has 0 saturated heterocycles. The lowest BCUT2D eigenvalue weighted by Crippen LogP contribution is -1.99. The molecule has 0 atom stereocenters. The van der Waals surface area contributed by atoms with Crippen LogP contribution in [0.2, 0.25) is 10.0 Å². The second kappa shape index (κ2) is 7.94. The minimum Gasteiger partial charge on any atom is -0.477 e. The van der Waals surface area contributed by atoms with Crippen LogP contribution in [0.4, 0.5) is 5.69 Å². The van der Waals surface area contributed by atoms with E-state index >= 15 is 0 Å². The Balaban J connectivity index is 1.87. The highest BCUT2D eigenvalue weighted by atomic mass is 35.5. The molecule has 0 unspecified atom stereocenters. The van der Waals surface area contributed by atoms with Gasteiger partial charge in [-0.1, -0.05) is 35.3 Å². The molecule has 1 heterocycles. The SMILES string of the molecule is Cc1ccc(-c2c(C(=O)O)[nH]c3ccc(Oc4ccc(Cl)c(Cl)c4)cc23)cc1[N+](=O)[O-]. The molecule has 7 nitrogen and oxygen atoms in total. The Morgan fingerprint density at radius 3 is 2.42 bits per heavy atom. The smallest absolute Gasteiger partial charge is 0.352 e. The summed E-state index contributed by atoms with van der Waals surface area (Å²) in [5.41, 5.74) is 1.62. The third kappa shape index (κ3) is 3.93. The van der Waals surface area contributed by atoms with Crippen LogP contribution < -0.4 is 4.74 Å². The van der Waals surface area contributed by atoms with Crippen LogP contribution in [0.15, 0.2) is 54.6 Å². The molecule has 0 bridgehead atoms. The standard InChI is InChI=1S/C22H14Cl2N2O5/c1-11-2-3-12(8-19(11)26(29)30)20-15-9-13(5-7-18(15)25-21(20)22(27)28)31-14-4-6-16(23)17(24)10-14/h2-10,25H,1H3,(H,27,28). The maximum absolute atomic E-state index is 11.9. The van der Waals surface area contributed by atoms with Gasteiger partial charge in [-0.2, -0.15) is 0 Å². The van der Waals surface area contributed by atoms with E-state index < -0.39 is 10.9 Å². The fraction of sp³-hybridized carbons (Fsp3) is 0.0455. The van der Waals surface area contributed by atoms with Gasteiger partial charge in [0.05, 0.1) is 15.0 Å². The van der Waals surface area contributed by atoms with Crippen LogP contribution >= 0.6 is 23.2 Å². The number of rotatable bonds is 5. The Morgan fingerprint density at radius 2 is 1.74 bits per heavy atom. The molecule has 4 aromatic rings. The molecule has 2 N–H and O–H groups in total. The van der Waals surface area contributed by atoms with Crippen LogP contribution in [0.1, 0.15) is 16.1 Å². The Morgan fingerprint density at radius 1 is 1.03 bits per heavy atom. The molecule has 0 aliphatic heterocycles. The molecule has 0 radical (unpaired) electrons. The Kier molecular flexibility index (Phi) is 5.31. The summed E-state index contributed by atoms with van der Waals surface area (Å²) in [6.07, 6.45) is 0. The van der Waals surface area contributed by atoms with E-state index in [-0.39, 0.29) is 11.4 Å². The molecular weight excluding hydrogens is 443 g/mol. The summed E-state index contributed by atoms with van der Waals surface area (Å²) in [7, 11) is 0. The van der Waals surface area contributed by atoms with E-state index in [1.54, 1.807) is 55.5 Å². The van der Waals surface area contributed by atoms with Crippen molar-refractivity contribution in [2.45, 2.75) is 6.92 Å². The van der Waals surface area contributed by atoms with E-state index in [1.807, 2.05) is 0 Å². The van der Waals surface area contributed by atoms with Gasteiger partial charge in [0.25, 0.3) is 5.69 Å². The zero-order valence-corrected chi connectivity index (χ0v) is 17.5. The molecule has 0 aliphatic rings. The summed E-state index contributed by atoms with van der Waals surface area (Å²) < 4.78 is 5.85. The Labute approximate surface area is 185 Å². The lowest BCUT2D eigenvalue weighted by molar-refractivity contribution is -0.385. The molecule has 31 heavy (non-hydrogen) atoms. The molecule has 4 rings (SSSR count). The van der Waals surface area contributed by atoms with Gasteiger partial charge in [-0.05, 0) is 42.8 Å². The molecule has 0 fully saturated rings. The van der Waals surface area contributed by atoms with Gasteiger partial charge in [-0.15, -0.1) is 0 Å². The summed E-state index contributed by atoms with van der Waals surface area (Å²) >= 11 is 12.0. The maximum Gasteiger partial charge on any atom is 0.352 e. The van der Waals surface area contributed by atoms with Crippen molar-refractivity contribution in [3.05, 3.63) is 86.0 Å². The number of nitrogens with zero attached hydrogens (tertiary/aromatic N) is 1. The average molecular weight is 457 g/mol. The molecule has 3 aromatic carbocycles. The van der Waals surface area contributed by atoms with E-state index in [9.17, 15) is 20.0 Å². The lowest BCUT2D eigenvalue weighted by Gasteiger charge is -2.08. The van der Waals surface area contributed by atoms with Crippen molar-refractivity contribution in [3.8, 4) is 22.6 Å². The lowest BCUT2D eigenvalue weighted by atomic mass is 9.99. The zero-order valence-electron chi connectivity index (χ0n) is 16.0. The number of H-pyrrole nitrogens is 1. The summed E-state index contributed by atoms with van der Waals surface area (Å²) in [5, 5.41) is 22.4. The number of nitro groups is 1. The highest BCUT2D eigenvalue weighted by molar-refractivity contribution is 6.42. The molecule has 0 saturated carbocycles. The van der Waals surface area contributed by atoms with E-state index in [0.717, 1.165) is 0 Å². The monoisotopic (exact) mass is 456 g/mol. The van der Waals surface area contributed by atoms with E-state index in [0.29, 0.717) is 49.1 Å². The van der Waals surface area contributed by atoms with Crippen molar-refractivity contribution in [2.24, 2.45) is 0 Å². The van der Waals surface area contributed by atoms with Gasteiger partial charge in [0.2, 0.25) is 0 Å². The number of fused-ring (bicyclic) bond motifs is 1. The molecule has 9 heteroatoms. The topological polar surface area (TPSA) is 105 Å². The van der Waals surface area contributed by atoms with Crippen molar-refractivity contribution < 1.29 is 19.6 Å².